The Morgan fingerprint density at radius 3 is 2.23 bits per heavy atom. The number of fused-ring (bicyclic) bond motifs is 5. The Kier molecular flexibility index (Phi) is 13.4. The van der Waals surface area contributed by atoms with Crippen molar-refractivity contribution in [3.8, 4) is 0 Å². The summed E-state index contributed by atoms with van der Waals surface area (Å²) in [5.41, 5.74) is 4.27. The van der Waals surface area contributed by atoms with Crippen LogP contribution in [0.5, 0.6) is 0 Å². The van der Waals surface area contributed by atoms with Gasteiger partial charge in [0.25, 0.3) is 0 Å². The van der Waals surface area contributed by atoms with Crippen molar-refractivity contribution >= 4 is 0 Å². The van der Waals surface area contributed by atoms with E-state index in [-0.39, 0.29) is 0 Å². The highest BCUT2D eigenvalue weighted by atomic mass is 14.8. The highest BCUT2D eigenvalue weighted by Gasteiger charge is 2.60. The third-order valence-corrected chi connectivity index (χ3v) is 14.3. The Morgan fingerprint density at radius 1 is 0.744 bits per heavy atom. The smallest absolute Gasteiger partial charge is 0.00459 e. The molecular formula is C42H75N. The van der Waals surface area contributed by atoms with Crippen molar-refractivity contribution in [1.29, 1.82) is 0 Å². The lowest BCUT2D eigenvalue weighted by molar-refractivity contribution is -0.119. The molecule has 0 aromatic carbocycles. The van der Waals surface area contributed by atoms with E-state index >= 15 is 0 Å². The van der Waals surface area contributed by atoms with E-state index in [0.29, 0.717) is 10.8 Å². The largest absolute Gasteiger partial charge is 0.317 e. The van der Waals surface area contributed by atoms with Crippen LogP contribution in [0.4, 0.5) is 0 Å². The molecule has 0 spiro atoms. The molecule has 0 radical (unpaired) electrons. The van der Waals surface area contributed by atoms with Gasteiger partial charge in [0, 0.05) is 0 Å². The van der Waals surface area contributed by atoms with E-state index < -0.39 is 0 Å². The molecule has 0 aromatic rings. The third kappa shape index (κ3) is 8.63. The van der Waals surface area contributed by atoms with Crippen LogP contribution in [0.3, 0.4) is 0 Å². The minimum absolute atomic E-state index is 0.603. The van der Waals surface area contributed by atoms with E-state index in [1.54, 1.807) is 12.0 Å². The molecule has 0 amide bonds. The summed E-state index contributed by atoms with van der Waals surface area (Å²) < 4.78 is 0. The summed E-state index contributed by atoms with van der Waals surface area (Å²) in [5.74, 6) is 7.55. The van der Waals surface area contributed by atoms with Crippen molar-refractivity contribution in [1.82, 2.24) is 5.32 Å². The van der Waals surface area contributed by atoms with E-state index in [9.17, 15) is 0 Å². The lowest BCUT2D eigenvalue weighted by atomic mass is 9.43. The maximum atomic E-state index is 4.68. The van der Waals surface area contributed by atoms with Crippen molar-refractivity contribution in [2.75, 3.05) is 13.1 Å². The molecule has 0 bridgehead atoms. The fourth-order valence-electron chi connectivity index (χ4n) is 11.6. The van der Waals surface area contributed by atoms with Crippen molar-refractivity contribution in [2.45, 2.75) is 170 Å². The zero-order valence-electron chi connectivity index (χ0n) is 30.1. The third-order valence-electron chi connectivity index (χ3n) is 14.3. The van der Waals surface area contributed by atoms with Gasteiger partial charge < -0.3 is 5.32 Å². The molecule has 8 unspecified atom stereocenters. The standard InChI is InChI=1S/C42H75N/c1-9-10-16-32(4)17-11-12-28-43-29-14-19-33(5)35-24-26-41(7)36(30-35)20-21-37-39-23-22-38(34(6)18-13-15-31(2)3)42(39,8)27-25-40(37)41/h31,34-40,43H,4-5,9-30H2,1-3,6-8H3/t34?,35?,36-,37?,38?,39?,40?,41?,42?/m0/s1. The number of unbranched alkanes of at least 4 members (excludes halogenated alkanes) is 2. The number of nitrogens with one attached hydrogen (secondary N) is 1. The van der Waals surface area contributed by atoms with Gasteiger partial charge >= 0.3 is 0 Å². The second kappa shape index (κ2) is 16.3. The molecule has 9 atom stereocenters. The summed E-state index contributed by atoms with van der Waals surface area (Å²) in [6.07, 6.45) is 28.0. The Bertz CT molecular complexity index is 870. The van der Waals surface area contributed by atoms with Gasteiger partial charge in [-0.1, -0.05) is 91.5 Å². The average molecular weight is 594 g/mol. The van der Waals surface area contributed by atoms with Crippen LogP contribution in [-0.2, 0) is 0 Å². The van der Waals surface area contributed by atoms with Gasteiger partial charge in [0.15, 0.2) is 0 Å². The highest BCUT2D eigenvalue weighted by molar-refractivity contribution is 5.12. The molecule has 4 fully saturated rings. The van der Waals surface area contributed by atoms with Gasteiger partial charge in [-0.05, 0) is 174 Å². The molecule has 1 nitrogen and oxygen atoms in total. The number of rotatable bonds is 18. The van der Waals surface area contributed by atoms with Crippen LogP contribution in [0, 0.1) is 58.2 Å². The molecule has 248 valence electrons. The minimum atomic E-state index is 0.603. The predicted molar refractivity (Wildman–Crippen MR) is 190 cm³/mol. The van der Waals surface area contributed by atoms with Crippen molar-refractivity contribution in [3.63, 3.8) is 0 Å². The molecule has 0 heterocycles. The lowest BCUT2D eigenvalue weighted by Crippen LogP contribution is -2.53. The van der Waals surface area contributed by atoms with Crippen LogP contribution in [0.2, 0.25) is 0 Å². The molecule has 4 saturated carbocycles. The Morgan fingerprint density at radius 2 is 1.47 bits per heavy atom. The zero-order valence-corrected chi connectivity index (χ0v) is 30.1. The molecule has 1 N–H and O–H groups in total. The van der Waals surface area contributed by atoms with Crippen LogP contribution in [-0.4, -0.2) is 13.1 Å². The summed E-state index contributed by atoms with van der Waals surface area (Å²) in [5, 5.41) is 3.72. The molecule has 0 saturated heterocycles. The first-order valence-electron chi connectivity index (χ1n) is 19.6. The first-order valence-corrected chi connectivity index (χ1v) is 19.6. The van der Waals surface area contributed by atoms with Gasteiger partial charge in [0.05, 0.1) is 0 Å². The molecule has 43 heavy (non-hydrogen) atoms. The van der Waals surface area contributed by atoms with Crippen LogP contribution in [0.25, 0.3) is 0 Å². The van der Waals surface area contributed by atoms with Crippen LogP contribution in [0.1, 0.15) is 170 Å². The predicted octanol–water partition coefficient (Wildman–Crippen LogP) is 12.6. The molecule has 0 aliphatic heterocycles. The SMILES string of the molecule is C=C(CCCC)CCCCNCCCC(=C)C1CCC2(C)C3CCC4(C)C(C(C)CCCC(C)C)CCC4C3CC[C@H]2C1. The van der Waals surface area contributed by atoms with Crippen molar-refractivity contribution in [2.24, 2.45) is 58.2 Å². The van der Waals surface area contributed by atoms with E-state index in [0.717, 1.165) is 60.4 Å². The van der Waals surface area contributed by atoms with Crippen molar-refractivity contribution < 1.29 is 0 Å². The quantitative estimate of drug-likeness (QED) is 0.123. The Hall–Kier alpha value is -0.560. The topological polar surface area (TPSA) is 12.0 Å². The van der Waals surface area contributed by atoms with Gasteiger partial charge in [-0.15, -0.1) is 0 Å². The number of hydrogen-bond donors (Lipinski definition) is 1. The van der Waals surface area contributed by atoms with Gasteiger partial charge in [-0.3, -0.25) is 0 Å². The maximum Gasteiger partial charge on any atom is -0.00459 e. The van der Waals surface area contributed by atoms with Gasteiger partial charge in [-0.2, -0.15) is 0 Å². The maximum absolute atomic E-state index is 4.68. The minimum Gasteiger partial charge on any atom is -0.317 e. The lowest BCUT2D eigenvalue weighted by Gasteiger charge is -2.61. The monoisotopic (exact) mass is 594 g/mol. The van der Waals surface area contributed by atoms with Crippen LogP contribution >= 0.6 is 0 Å². The molecule has 4 aliphatic carbocycles. The highest BCUT2D eigenvalue weighted by Crippen LogP contribution is 2.69. The molecule has 1 heteroatoms. The first-order chi connectivity index (χ1) is 20.6. The molecular weight excluding hydrogens is 518 g/mol. The second-order valence-electron chi connectivity index (χ2n) is 17.5. The summed E-state index contributed by atoms with van der Waals surface area (Å²) >= 11 is 0. The fourth-order valence-corrected chi connectivity index (χ4v) is 11.6. The van der Waals surface area contributed by atoms with E-state index in [1.165, 1.54) is 128 Å². The van der Waals surface area contributed by atoms with Crippen molar-refractivity contribution in [3.05, 3.63) is 24.3 Å². The van der Waals surface area contributed by atoms with Gasteiger partial charge in [-0.25, -0.2) is 0 Å². The summed E-state index contributed by atoms with van der Waals surface area (Å²) in [6, 6.07) is 0. The van der Waals surface area contributed by atoms with E-state index in [2.05, 4.69) is 60.0 Å². The number of allylic oxidation sites excluding steroid dienone is 2. The second-order valence-corrected chi connectivity index (χ2v) is 17.5. The van der Waals surface area contributed by atoms with Crippen LogP contribution in [0.15, 0.2) is 24.3 Å². The average Bonchev–Trinajstić information content (AvgIpc) is 3.34. The number of hydrogen-bond acceptors (Lipinski definition) is 1. The first kappa shape index (κ1) is 35.3. The Labute approximate surface area is 270 Å². The normalized spacial score (nSPS) is 36.2. The Balaban J connectivity index is 1.19. The molecule has 4 aliphatic rings. The molecule has 4 rings (SSSR count). The fraction of sp³-hybridized carbons (Fsp3) is 0.905. The summed E-state index contributed by atoms with van der Waals surface area (Å²) in [4.78, 5) is 0. The van der Waals surface area contributed by atoms with E-state index in [1.807, 2.05) is 0 Å². The zero-order chi connectivity index (χ0) is 31.0. The van der Waals surface area contributed by atoms with Gasteiger partial charge in [0.2, 0.25) is 0 Å². The van der Waals surface area contributed by atoms with Gasteiger partial charge in [0.1, 0.15) is 0 Å². The van der Waals surface area contributed by atoms with E-state index in [4.69, 9.17) is 0 Å². The van der Waals surface area contributed by atoms with Crippen LogP contribution < -0.4 is 5.32 Å². The summed E-state index contributed by atoms with van der Waals surface area (Å²) in [7, 11) is 0. The summed E-state index contributed by atoms with van der Waals surface area (Å²) in [6.45, 7) is 26.5. The molecule has 0 aromatic heterocycles.